The number of hydrogen-bond donors (Lipinski definition) is 2. The minimum absolute atomic E-state index is 0.876. The van der Waals surface area contributed by atoms with Crippen LogP contribution in [0.4, 0.5) is 11.4 Å². The molecule has 0 spiro atoms. The van der Waals surface area contributed by atoms with Gasteiger partial charge in [-0.1, -0.05) is 36.9 Å². The van der Waals surface area contributed by atoms with Crippen LogP contribution in [0.25, 0.3) is 33.3 Å². The molecule has 0 aliphatic carbocycles. The number of aromatic nitrogens is 3. The van der Waals surface area contributed by atoms with E-state index in [-0.39, 0.29) is 0 Å². The Morgan fingerprint density at radius 1 is 1.07 bits per heavy atom. The van der Waals surface area contributed by atoms with Crippen LogP contribution in [0.3, 0.4) is 0 Å². The number of hydrogen-bond acceptors (Lipinski definition) is 3. The van der Waals surface area contributed by atoms with Gasteiger partial charge in [-0.3, -0.25) is 4.68 Å². The van der Waals surface area contributed by atoms with Crippen molar-refractivity contribution < 1.29 is 0 Å². The molecule has 2 aromatic heterocycles. The van der Waals surface area contributed by atoms with E-state index in [0.717, 1.165) is 35.6 Å². The van der Waals surface area contributed by atoms with E-state index in [9.17, 15) is 0 Å². The summed E-state index contributed by atoms with van der Waals surface area (Å²) in [6, 6.07) is 15.1. The van der Waals surface area contributed by atoms with Gasteiger partial charge in [-0.25, -0.2) is 0 Å². The molecule has 1 aliphatic heterocycles. The van der Waals surface area contributed by atoms with Crippen LogP contribution in [0.1, 0.15) is 6.42 Å². The van der Waals surface area contributed by atoms with Gasteiger partial charge in [0.05, 0.1) is 28.8 Å². The molecule has 28 heavy (non-hydrogen) atoms. The minimum Gasteiger partial charge on any atom is -0.382 e. The number of fused-ring (bicyclic) bond motifs is 2. The first kappa shape index (κ1) is 16.7. The highest BCUT2D eigenvalue weighted by Gasteiger charge is 2.18. The molecule has 1 aliphatic rings. The Balaban J connectivity index is 1.73. The Hall–Kier alpha value is -3.47. The van der Waals surface area contributed by atoms with Gasteiger partial charge in [-0.15, -0.1) is 0 Å². The fraction of sp³-hybridized carbons (Fsp3) is 0.174. The first-order chi connectivity index (χ1) is 13.6. The second-order valence-corrected chi connectivity index (χ2v) is 7.37. The summed E-state index contributed by atoms with van der Waals surface area (Å²) in [4.78, 5) is 0. The number of para-hydroxylation sites is 2. The Kier molecular flexibility index (Phi) is 3.76. The Labute approximate surface area is 164 Å². The van der Waals surface area contributed by atoms with E-state index in [0.29, 0.717) is 0 Å². The number of benzene rings is 2. The maximum atomic E-state index is 4.35. The zero-order valence-electron chi connectivity index (χ0n) is 16.2. The normalized spacial score (nSPS) is 13.7. The van der Waals surface area contributed by atoms with E-state index < -0.39 is 0 Å². The number of nitrogens with one attached hydrogen (secondary N) is 2. The van der Waals surface area contributed by atoms with Crippen molar-refractivity contribution in [1.82, 2.24) is 14.3 Å². The number of nitrogens with zero attached hydrogens (tertiary/aromatic N) is 3. The van der Waals surface area contributed by atoms with E-state index >= 15 is 0 Å². The van der Waals surface area contributed by atoms with Gasteiger partial charge in [0.25, 0.3) is 0 Å². The summed E-state index contributed by atoms with van der Waals surface area (Å²) >= 11 is 0. The van der Waals surface area contributed by atoms with Crippen LogP contribution in [0.15, 0.2) is 67.1 Å². The predicted octanol–water partition coefficient (Wildman–Crippen LogP) is 4.99. The zero-order valence-corrected chi connectivity index (χ0v) is 16.2. The van der Waals surface area contributed by atoms with Gasteiger partial charge in [-0.05, 0) is 12.1 Å². The highest BCUT2D eigenvalue weighted by atomic mass is 15.2. The first-order valence-corrected chi connectivity index (χ1v) is 9.51. The fourth-order valence-electron chi connectivity index (χ4n) is 4.12. The second-order valence-electron chi connectivity index (χ2n) is 7.37. The van der Waals surface area contributed by atoms with Crippen LogP contribution >= 0.6 is 0 Å². The highest BCUT2D eigenvalue weighted by molar-refractivity contribution is 6.00. The van der Waals surface area contributed by atoms with Gasteiger partial charge < -0.3 is 15.2 Å². The van der Waals surface area contributed by atoms with Crippen LogP contribution in [0.5, 0.6) is 0 Å². The predicted molar refractivity (Wildman–Crippen MR) is 116 cm³/mol. The molecule has 140 valence electrons. The van der Waals surface area contributed by atoms with Crippen molar-refractivity contribution in [1.29, 1.82) is 0 Å². The molecular formula is C23H23N5. The number of aryl methyl sites for hydroxylation is 2. The maximum Gasteiger partial charge on any atom is 0.0674 e. The lowest BCUT2D eigenvalue weighted by Gasteiger charge is -2.15. The molecule has 5 heteroatoms. The van der Waals surface area contributed by atoms with Crippen molar-refractivity contribution in [3.05, 3.63) is 67.1 Å². The Bertz CT molecular complexity index is 1210. The Morgan fingerprint density at radius 3 is 2.71 bits per heavy atom. The van der Waals surface area contributed by atoms with Crippen molar-refractivity contribution in [2.75, 3.05) is 17.2 Å². The molecule has 2 N–H and O–H groups in total. The molecule has 0 radical (unpaired) electrons. The molecule has 0 saturated heterocycles. The van der Waals surface area contributed by atoms with Crippen LogP contribution in [0.2, 0.25) is 0 Å². The summed E-state index contributed by atoms with van der Waals surface area (Å²) in [5.41, 5.74) is 9.17. The molecular weight excluding hydrogens is 346 g/mol. The summed E-state index contributed by atoms with van der Waals surface area (Å²) in [6.07, 6.45) is 4.90. The second kappa shape index (κ2) is 6.30. The average molecular weight is 369 g/mol. The zero-order chi connectivity index (χ0) is 19.3. The molecule has 0 fully saturated rings. The lowest BCUT2D eigenvalue weighted by molar-refractivity contribution is 0.768. The third-order valence-electron chi connectivity index (χ3n) is 5.45. The summed E-state index contributed by atoms with van der Waals surface area (Å²) in [7, 11) is 4.09. The van der Waals surface area contributed by atoms with Crippen LogP contribution in [0, 0.1) is 0 Å². The average Bonchev–Trinajstić information content (AvgIpc) is 3.20. The lowest BCUT2D eigenvalue weighted by Crippen LogP contribution is -2.02. The Morgan fingerprint density at radius 2 is 1.89 bits per heavy atom. The standard InChI is InChI=1S/C23H23N5/c1-15-10-11-24-22-19(8-5-9-20(22)26-15)21-12-16-6-4-7-18(23(16)28(21)3)17-13-25-27(2)14-17/h4-9,12-14,24,26H,1,10-11H2,2-3H3. The maximum absolute atomic E-state index is 4.35. The smallest absolute Gasteiger partial charge is 0.0674 e. The van der Waals surface area contributed by atoms with Gasteiger partial charge in [0.1, 0.15) is 0 Å². The van der Waals surface area contributed by atoms with Gasteiger partial charge in [0.15, 0.2) is 0 Å². The SMILES string of the molecule is C=C1CCNc2c(cccc2-c2cc3cccc(-c4cnn(C)c4)c3n2C)N1. The van der Waals surface area contributed by atoms with Crippen molar-refractivity contribution in [3.8, 4) is 22.4 Å². The molecule has 0 amide bonds. The lowest BCUT2D eigenvalue weighted by atomic mass is 10.1. The van der Waals surface area contributed by atoms with E-state index in [2.05, 4.69) is 82.6 Å². The third kappa shape index (κ3) is 2.59. The summed E-state index contributed by atoms with van der Waals surface area (Å²) in [5, 5.41) is 12.6. The summed E-state index contributed by atoms with van der Waals surface area (Å²) in [6.45, 7) is 4.99. The van der Waals surface area contributed by atoms with Crippen molar-refractivity contribution >= 4 is 22.3 Å². The van der Waals surface area contributed by atoms with Crippen LogP contribution in [-0.4, -0.2) is 20.9 Å². The molecule has 0 saturated carbocycles. The minimum atomic E-state index is 0.876. The molecule has 0 atom stereocenters. The van der Waals surface area contributed by atoms with Crippen LogP contribution < -0.4 is 10.6 Å². The van der Waals surface area contributed by atoms with Crippen molar-refractivity contribution in [2.24, 2.45) is 14.1 Å². The van der Waals surface area contributed by atoms with Gasteiger partial charge >= 0.3 is 0 Å². The number of anilines is 2. The van der Waals surface area contributed by atoms with Gasteiger partial charge in [0, 0.05) is 61.0 Å². The third-order valence-corrected chi connectivity index (χ3v) is 5.45. The molecule has 5 rings (SSSR count). The molecule has 3 heterocycles. The topological polar surface area (TPSA) is 46.8 Å². The van der Waals surface area contributed by atoms with E-state index in [1.54, 1.807) is 0 Å². The first-order valence-electron chi connectivity index (χ1n) is 9.51. The van der Waals surface area contributed by atoms with Crippen molar-refractivity contribution in [2.45, 2.75) is 6.42 Å². The molecule has 0 unspecified atom stereocenters. The molecule has 5 nitrogen and oxygen atoms in total. The quantitative estimate of drug-likeness (QED) is 0.523. The largest absolute Gasteiger partial charge is 0.382 e. The molecule has 4 aromatic rings. The number of rotatable bonds is 2. The van der Waals surface area contributed by atoms with Crippen LogP contribution in [-0.2, 0) is 14.1 Å². The molecule has 2 aromatic carbocycles. The van der Waals surface area contributed by atoms with E-state index in [1.165, 1.54) is 27.7 Å². The monoisotopic (exact) mass is 369 g/mol. The summed E-state index contributed by atoms with van der Waals surface area (Å²) < 4.78 is 4.13. The van der Waals surface area contributed by atoms with Gasteiger partial charge in [-0.2, -0.15) is 5.10 Å². The summed E-state index contributed by atoms with van der Waals surface area (Å²) in [5.74, 6) is 0. The van der Waals surface area contributed by atoms with E-state index in [1.807, 2.05) is 17.9 Å². The molecule has 0 bridgehead atoms. The van der Waals surface area contributed by atoms with E-state index in [4.69, 9.17) is 0 Å². The highest BCUT2D eigenvalue weighted by Crippen LogP contribution is 2.40. The fourth-order valence-corrected chi connectivity index (χ4v) is 4.12. The van der Waals surface area contributed by atoms with Crippen molar-refractivity contribution in [3.63, 3.8) is 0 Å². The van der Waals surface area contributed by atoms with Gasteiger partial charge in [0.2, 0.25) is 0 Å².